The number of Topliss-reactive ketones (excluding diaryl/α,β-unsaturated/α-hetero) is 1. The lowest BCUT2D eigenvalue weighted by molar-refractivity contribution is -0.140. The predicted octanol–water partition coefficient (Wildman–Crippen LogP) is 4.33. The van der Waals surface area contributed by atoms with Gasteiger partial charge in [0.1, 0.15) is 5.76 Å². The van der Waals surface area contributed by atoms with Crippen LogP contribution in [-0.2, 0) is 9.59 Å². The summed E-state index contributed by atoms with van der Waals surface area (Å²) in [5.41, 5.74) is 2.88. The Morgan fingerprint density at radius 3 is 2.26 bits per heavy atom. The van der Waals surface area contributed by atoms with Gasteiger partial charge >= 0.3 is 0 Å². The number of aliphatic hydroxyl groups excluding tert-OH is 1. The highest BCUT2D eigenvalue weighted by atomic mass is 16.3. The molecule has 1 aliphatic heterocycles. The van der Waals surface area contributed by atoms with Gasteiger partial charge in [0.15, 0.2) is 0 Å². The van der Waals surface area contributed by atoms with Crippen molar-refractivity contribution in [2.45, 2.75) is 33.2 Å². The zero-order valence-electron chi connectivity index (χ0n) is 20.5. The van der Waals surface area contributed by atoms with Gasteiger partial charge in [0.2, 0.25) is 0 Å². The standard InChI is InChI=1S/C28H32N4O3/c1-4-30(5-2)17-12-18-31-25(21-13-8-6-9-14-21)24(27(34)28(31)35)26(33)23-19-29-32(20(23)3)22-15-10-7-11-16-22/h6-11,13-16,19,25,33H,4-5,12,17-18H2,1-3H3/t25-/m1/s1. The number of likely N-dealkylation sites (tertiary alicyclic amines) is 1. The zero-order chi connectivity index (χ0) is 24.9. The monoisotopic (exact) mass is 472 g/mol. The number of nitrogens with zero attached hydrogens (tertiary/aromatic N) is 4. The van der Waals surface area contributed by atoms with Crippen LogP contribution in [0.3, 0.4) is 0 Å². The summed E-state index contributed by atoms with van der Waals surface area (Å²) in [4.78, 5) is 30.3. The highest BCUT2D eigenvalue weighted by molar-refractivity contribution is 6.46. The van der Waals surface area contributed by atoms with Gasteiger partial charge in [-0.2, -0.15) is 5.10 Å². The van der Waals surface area contributed by atoms with E-state index in [-0.39, 0.29) is 11.3 Å². The maximum Gasteiger partial charge on any atom is 0.295 e. The SMILES string of the molecule is CCN(CC)CCCN1C(=O)C(=O)C(=C(O)c2cnn(-c3ccccc3)c2C)[C@H]1c1ccccc1. The minimum Gasteiger partial charge on any atom is -0.507 e. The first-order valence-electron chi connectivity index (χ1n) is 12.1. The molecule has 4 rings (SSSR count). The van der Waals surface area contributed by atoms with Crippen LogP contribution in [-0.4, -0.2) is 62.6 Å². The van der Waals surface area contributed by atoms with Crippen LogP contribution in [0.15, 0.2) is 72.4 Å². The quantitative estimate of drug-likeness (QED) is 0.285. The number of ketones is 1. The maximum absolute atomic E-state index is 13.3. The summed E-state index contributed by atoms with van der Waals surface area (Å²) in [5.74, 6) is -1.43. The fourth-order valence-electron chi connectivity index (χ4n) is 4.71. The van der Waals surface area contributed by atoms with Gasteiger partial charge in [-0.25, -0.2) is 4.68 Å². The van der Waals surface area contributed by atoms with E-state index in [1.54, 1.807) is 15.8 Å². The second-order valence-electron chi connectivity index (χ2n) is 8.67. The van der Waals surface area contributed by atoms with E-state index in [2.05, 4.69) is 23.8 Å². The largest absolute Gasteiger partial charge is 0.507 e. The van der Waals surface area contributed by atoms with Crippen LogP contribution < -0.4 is 0 Å². The molecule has 0 aliphatic carbocycles. The van der Waals surface area contributed by atoms with Crippen LogP contribution in [0.1, 0.15) is 43.1 Å². The van der Waals surface area contributed by atoms with Crippen LogP contribution in [0.5, 0.6) is 0 Å². The lowest BCUT2D eigenvalue weighted by Gasteiger charge is -2.26. The molecule has 2 aromatic carbocycles. The number of benzene rings is 2. The van der Waals surface area contributed by atoms with E-state index >= 15 is 0 Å². The summed E-state index contributed by atoms with van der Waals surface area (Å²) < 4.78 is 1.72. The fraction of sp³-hybridized carbons (Fsp3) is 0.321. The van der Waals surface area contributed by atoms with Crippen molar-refractivity contribution in [1.82, 2.24) is 19.6 Å². The van der Waals surface area contributed by atoms with Gasteiger partial charge < -0.3 is 14.9 Å². The summed E-state index contributed by atoms with van der Waals surface area (Å²) in [5, 5.41) is 15.8. The minimum atomic E-state index is -0.661. The van der Waals surface area contributed by atoms with Crippen molar-refractivity contribution < 1.29 is 14.7 Å². The highest BCUT2D eigenvalue weighted by Gasteiger charge is 2.46. The number of rotatable bonds is 9. The Kier molecular flexibility index (Phi) is 7.46. The number of hydrogen-bond acceptors (Lipinski definition) is 5. The number of hydrogen-bond donors (Lipinski definition) is 1. The molecule has 1 amide bonds. The van der Waals surface area contributed by atoms with Crippen molar-refractivity contribution in [3.8, 4) is 5.69 Å². The molecular formula is C28H32N4O3. The van der Waals surface area contributed by atoms with E-state index in [0.717, 1.165) is 37.3 Å². The summed E-state index contributed by atoms with van der Waals surface area (Å²) in [7, 11) is 0. The summed E-state index contributed by atoms with van der Waals surface area (Å²) in [6.07, 6.45) is 2.29. The summed E-state index contributed by atoms with van der Waals surface area (Å²) in [6, 6.07) is 18.4. The normalized spacial score (nSPS) is 17.5. The lowest BCUT2D eigenvalue weighted by Crippen LogP contribution is -2.33. The average Bonchev–Trinajstić information content (AvgIpc) is 3.40. The fourth-order valence-corrected chi connectivity index (χ4v) is 4.71. The third kappa shape index (κ3) is 4.77. The van der Waals surface area contributed by atoms with Crippen LogP contribution >= 0.6 is 0 Å². The van der Waals surface area contributed by atoms with Crippen molar-refractivity contribution in [3.05, 3.63) is 89.3 Å². The van der Waals surface area contributed by atoms with Crippen molar-refractivity contribution >= 4 is 17.4 Å². The Morgan fingerprint density at radius 2 is 1.63 bits per heavy atom. The molecule has 0 bridgehead atoms. The van der Waals surface area contributed by atoms with Gasteiger partial charge in [-0.1, -0.05) is 62.4 Å². The predicted molar refractivity (Wildman–Crippen MR) is 136 cm³/mol. The molecule has 3 aromatic rings. The first kappa shape index (κ1) is 24.4. The molecule has 1 atom stereocenters. The molecule has 1 N–H and O–H groups in total. The second kappa shape index (κ2) is 10.7. The van der Waals surface area contributed by atoms with Crippen molar-refractivity contribution in [1.29, 1.82) is 0 Å². The molecule has 7 nitrogen and oxygen atoms in total. The summed E-state index contributed by atoms with van der Waals surface area (Å²) in [6.45, 7) is 9.19. The second-order valence-corrected chi connectivity index (χ2v) is 8.67. The molecule has 1 aromatic heterocycles. The molecule has 7 heteroatoms. The van der Waals surface area contributed by atoms with Gasteiger partial charge in [-0.05, 0) is 50.7 Å². The Hall–Kier alpha value is -3.71. The number of amides is 1. The van der Waals surface area contributed by atoms with Gasteiger partial charge in [-0.15, -0.1) is 0 Å². The van der Waals surface area contributed by atoms with Crippen LogP contribution in [0.25, 0.3) is 11.4 Å². The van der Waals surface area contributed by atoms with Gasteiger partial charge in [0.05, 0.1) is 34.8 Å². The van der Waals surface area contributed by atoms with E-state index in [1.165, 1.54) is 0 Å². The molecule has 182 valence electrons. The number of para-hydroxylation sites is 1. The molecule has 1 fully saturated rings. The average molecular weight is 473 g/mol. The molecule has 0 saturated carbocycles. The smallest absolute Gasteiger partial charge is 0.295 e. The van der Waals surface area contributed by atoms with Crippen molar-refractivity contribution in [2.75, 3.05) is 26.2 Å². The number of carbonyl (C=O) groups excluding carboxylic acids is 2. The van der Waals surface area contributed by atoms with Gasteiger partial charge in [0.25, 0.3) is 11.7 Å². The van der Waals surface area contributed by atoms with E-state index in [1.807, 2.05) is 67.6 Å². The molecule has 0 unspecified atom stereocenters. The Bertz CT molecular complexity index is 1210. The third-order valence-electron chi connectivity index (χ3n) is 6.69. The van der Waals surface area contributed by atoms with Crippen molar-refractivity contribution in [2.24, 2.45) is 0 Å². The summed E-state index contributed by atoms with van der Waals surface area (Å²) >= 11 is 0. The maximum atomic E-state index is 13.3. The lowest BCUT2D eigenvalue weighted by atomic mass is 9.95. The first-order chi connectivity index (χ1) is 17.0. The zero-order valence-corrected chi connectivity index (χ0v) is 20.5. The Labute approximate surface area is 206 Å². The minimum absolute atomic E-state index is 0.111. The number of aliphatic hydroxyl groups is 1. The molecule has 35 heavy (non-hydrogen) atoms. The molecule has 1 aliphatic rings. The molecule has 1 saturated heterocycles. The van der Waals surface area contributed by atoms with Crippen LogP contribution in [0, 0.1) is 6.92 Å². The molecule has 0 spiro atoms. The Morgan fingerprint density at radius 1 is 1.00 bits per heavy atom. The van der Waals surface area contributed by atoms with E-state index in [0.29, 0.717) is 17.8 Å². The van der Waals surface area contributed by atoms with Gasteiger partial charge in [0, 0.05) is 6.54 Å². The molecular weight excluding hydrogens is 440 g/mol. The van der Waals surface area contributed by atoms with E-state index in [9.17, 15) is 14.7 Å². The number of carbonyl (C=O) groups is 2. The Balaban J connectivity index is 1.74. The van der Waals surface area contributed by atoms with Crippen LogP contribution in [0.4, 0.5) is 0 Å². The van der Waals surface area contributed by atoms with E-state index in [4.69, 9.17) is 0 Å². The first-order valence-corrected chi connectivity index (χ1v) is 12.1. The van der Waals surface area contributed by atoms with Crippen molar-refractivity contribution in [3.63, 3.8) is 0 Å². The molecule has 2 heterocycles. The third-order valence-corrected chi connectivity index (χ3v) is 6.69. The highest BCUT2D eigenvalue weighted by Crippen LogP contribution is 2.40. The molecule has 0 radical (unpaired) electrons. The van der Waals surface area contributed by atoms with Gasteiger partial charge in [-0.3, -0.25) is 9.59 Å². The van der Waals surface area contributed by atoms with E-state index < -0.39 is 17.7 Å². The van der Waals surface area contributed by atoms with Crippen LogP contribution in [0.2, 0.25) is 0 Å². The number of aromatic nitrogens is 2. The topological polar surface area (TPSA) is 78.7 Å².